The molecule has 0 aromatic heterocycles. The van der Waals surface area contributed by atoms with Crippen molar-refractivity contribution in [2.75, 3.05) is 27.7 Å². The zero-order valence-corrected chi connectivity index (χ0v) is 16.4. The lowest BCUT2D eigenvalue weighted by atomic mass is 10.3. The molecule has 0 saturated heterocycles. The Morgan fingerprint density at radius 1 is 1.04 bits per heavy atom. The Balaban J connectivity index is 0.000000660. The van der Waals surface area contributed by atoms with Crippen molar-refractivity contribution in [2.24, 2.45) is 0 Å². The van der Waals surface area contributed by atoms with Crippen molar-refractivity contribution in [3.05, 3.63) is 24.3 Å². The number of hydrogen-bond donors (Lipinski definition) is 0. The first kappa shape index (κ1) is 24.8. The molecule has 0 aliphatic carbocycles. The molecule has 0 radical (unpaired) electrons. The van der Waals surface area contributed by atoms with Gasteiger partial charge in [-0.15, -0.1) is 0 Å². The van der Waals surface area contributed by atoms with Gasteiger partial charge in [0.1, 0.15) is 5.69 Å². The van der Waals surface area contributed by atoms with E-state index in [2.05, 4.69) is 0 Å². The summed E-state index contributed by atoms with van der Waals surface area (Å²) in [6.45, 7) is 2.24. The Morgan fingerprint density at radius 3 is 1.77 bits per heavy atom. The molecule has 0 amide bonds. The van der Waals surface area contributed by atoms with E-state index in [-0.39, 0.29) is 11.5 Å². The number of rotatable bonds is 6. The maximum absolute atomic E-state index is 11.8. The second-order valence-electron chi connectivity index (χ2n) is 6.04. The smallest absolute Gasteiger partial charge is 0.485 e. The highest BCUT2D eigenvalue weighted by Gasteiger charge is 2.36. The number of unbranched alkanes of at least 4 members (excludes halogenated alkanes) is 1. The van der Waals surface area contributed by atoms with Crippen molar-refractivity contribution in [2.45, 2.75) is 30.2 Å². The van der Waals surface area contributed by atoms with Gasteiger partial charge in [0.25, 0.3) is 10.1 Å². The molecule has 0 spiro atoms. The molecule has 1 aromatic carbocycles. The SMILES string of the molecule is CCCCOS(=O)(=O)c1ccc([N+](C)(C)C)cc1.O=S(=O)([O-])C(F)(F)F. The molecule has 0 atom stereocenters. The molecule has 0 saturated carbocycles. The summed E-state index contributed by atoms with van der Waals surface area (Å²) in [4.78, 5) is 0.218. The minimum Gasteiger partial charge on any atom is -0.741 e. The fourth-order valence-corrected chi connectivity index (χ4v) is 2.38. The zero-order chi connectivity index (χ0) is 20.8. The van der Waals surface area contributed by atoms with E-state index in [1.54, 1.807) is 12.1 Å². The molecule has 0 aliphatic heterocycles. The summed E-state index contributed by atoms with van der Waals surface area (Å²) in [7, 11) is -3.60. The molecule has 0 fully saturated rings. The lowest BCUT2D eigenvalue weighted by molar-refractivity contribution is -0.0517. The summed E-state index contributed by atoms with van der Waals surface area (Å²) >= 11 is 0. The van der Waals surface area contributed by atoms with Gasteiger partial charge in [-0.3, -0.25) is 8.67 Å². The van der Waals surface area contributed by atoms with E-state index in [1.165, 1.54) is 0 Å². The van der Waals surface area contributed by atoms with Crippen molar-refractivity contribution in [1.29, 1.82) is 0 Å². The molecule has 0 N–H and O–H groups in total. The zero-order valence-electron chi connectivity index (χ0n) is 14.8. The van der Waals surface area contributed by atoms with Crippen LogP contribution in [0.1, 0.15) is 19.8 Å². The highest BCUT2D eigenvalue weighted by Crippen LogP contribution is 2.21. The summed E-state index contributed by atoms with van der Waals surface area (Å²) in [5.74, 6) is 0. The molecule has 0 bridgehead atoms. The fraction of sp³-hybridized carbons (Fsp3) is 0.571. The largest absolute Gasteiger partial charge is 0.741 e. The van der Waals surface area contributed by atoms with Crippen molar-refractivity contribution in [3.8, 4) is 0 Å². The predicted octanol–water partition coefficient (Wildman–Crippen LogP) is 2.44. The number of hydrogen-bond acceptors (Lipinski definition) is 6. The summed E-state index contributed by atoms with van der Waals surface area (Å²) in [5.41, 5.74) is -4.60. The Hall–Kier alpha value is -1.21. The first-order chi connectivity index (χ1) is 11.5. The summed E-state index contributed by atoms with van der Waals surface area (Å²) in [6.07, 6.45) is 1.66. The van der Waals surface area contributed by atoms with Crippen LogP contribution in [0.3, 0.4) is 0 Å². The molecule has 1 aromatic rings. The van der Waals surface area contributed by atoms with Crippen LogP contribution in [0.2, 0.25) is 0 Å². The van der Waals surface area contributed by atoms with E-state index in [9.17, 15) is 21.6 Å². The highest BCUT2D eigenvalue weighted by molar-refractivity contribution is 7.87. The van der Waals surface area contributed by atoms with Gasteiger partial charge in [-0.2, -0.15) is 21.6 Å². The quantitative estimate of drug-likeness (QED) is 0.230. The van der Waals surface area contributed by atoms with E-state index < -0.39 is 25.7 Å². The lowest BCUT2D eigenvalue weighted by Crippen LogP contribution is -2.34. The minimum atomic E-state index is -6.09. The van der Waals surface area contributed by atoms with Crippen molar-refractivity contribution < 1.29 is 38.7 Å². The number of benzene rings is 1. The van der Waals surface area contributed by atoms with Crippen LogP contribution in [0, 0.1) is 0 Å². The van der Waals surface area contributed by atoms with Gasteiger partial charge in [0.15, 0.2) is 10.1 Å². The van der Waals surface area contributed by atoms with Gasteiger partial charge in [-0.05, 0) is 18.6 Å². The van der Waals surface area contributed by atoms with E-state index in [1.807, 2.05) is 40.2 Å². The highest BCUT2D eigenvalue weighted by atomic mass is 32.2. The number of quaternary nitrogens is 1. The monoisotopic (exact) mass is 421 g/mol. The molecule has 12 heteroatoms. The molecular weight excluding hydrogens is 399 g/mol. The molecule has 0 aliphatic rings. The van der Waals surface area contributed by atoms with Crippen LogP contribution in [-0.4, -0.2) is 54.6 Å². The van der Waals surface area contributed by atoms with Crippen molar-refractivity contribution >= 4 is 25.9 Å². The Morgan fingerprint density at radius 2 is 1.46 bits per heavy atom. The number of nitrogens with zero attached hydrogens (tertiary/aromatic N) is 1. The third-order valence-corrected chi connectivity index (χ3v) is 4.81. The molecule has 1 rings (SSSR count). The van der Waals surface area contributed by atoms with E-state index >= 15 is 0 Å². The molecule has 152 valence electrons. The molecule has 7 nitrogen and oxygen atoms in total. The number of halogens is 3. The van der Waals surface area contributed by atoms with Crippen LogP contribution in [0.5, 0.6) is 0 Å². The van der Waals surface area contributed by atoms with Gasteiger partial charge in [0.2, 0.25) is 0 Å². The van der Waals surface area contributed by atoms with Gasteiger partial charge >= 0.3 is 5.51 Å². The third kappa shape index (κ3) is 8.45. The molecule has 0 heterocycles. The topological polar surface area (TPSA) is 101 Å². The Kier molecular flexibility index (Phi) is 8.70. The number of alkyl halides is 3. The third-order valence-electron chi connectivity index (χ3n) is 2.92. The van der Waals surface area contributed by atoms with E-state index in [4.69, 9.17) is 17.2 Å². The van der Waals surface area contributed by atoms with Gasteiger partial charge in [-0.1, -0.05) is 13.3 Å². The van der Waals surface area contributed by atoms with E-state index in [0.717, 1.165) is 18.5 Å². The maximum Gasteiger partial charge on any atom is 0.485 e. The van der Waals surface area contributed by atoms with Crippen LogP contribution in [0.25, 0.3) is 0 Å². The predicted molar refractivity (Wildman–Crippen MR) is 89.8 cm³/mol. The Bertz CT molecular complexity index is 766. The standard InChI is InChI=1S/C13H22NO3S.CHF3O3S/c1-5-6-11-17-18(15,16)13-9-7-12(8-10-13)14(2,3)4;2-1(3,4)8(5,6)7/h7-10H,5-6,11H2,1-4H3;(H,5,6,7)/q+1;/p-1. The van der Waals surface area contributed by atoms with Gasteiger partial charge in [-0.25, -0.2) is 8.42 Å². The average molecular weight is 421 g/mol. The van der Waals surface area contributed by atoms with Crippen LogP contribution in [0.15, 0.2) is 29.2 Å². The van der Waals surface area contributed by atoms with Crippen LogP contribution < -0.4 is 4.48 Å². The van der Waals surface area contributed by atoms with Crippen LogP contribution >= 0.6 is 0 Å². The van der Waals surface area contributed by atoms with E-state index in [0.29, 0.717) is 4.48 Å². The fourth-order valence-electron chi connectivity index (χ4n) is 1.44. The van der Waals surface area contributed by atoms with Gasteiger partial charge in [0.05, 0.1) is 32.6 Å². The first-order valence-corrected chi connectivity index (χ1v) is 10.2. The second kappa shape index (κ2) is 9.13. The van der Waals surface area contributed by atoms with Crippen molar-refractivity contribution in [3.63, 3.8) is 0 Å². The minimum absolute atomic E-state index is 0.218. The maximum atomic E-state index is 11.8. The summed E-state index contributed by atoms with van der Waals surface area (Å²) in [6, 6.07) is 6.83. The van der Waals surface area contributed by atoms with Crippen LogP contribution in [0.4, 0.5) is 18.9 Å². The normalized spacial score (nSPS) is 13.1. The molecule has 0 unspecified atom stereocenters. The van der Waals surface area contributed by atoms with Gasteiger partial charge < -0.3 is 4.55 Å². The van der Waals surface area contributed by atoms with Crippen molar-refractivity contribution in [1.82, 2.24) is 4.48 Å². The second-order valence-corrected chi connectivity index (χ2v) is 9.02. The van der Waals surface area contributed by atoms with Crippen LogP contribution in [-0.2, 0) is 24.4 Å². The lowest BCUT2D eigenvalue weighted by Gasteiger charge is -2.23. The summed E-state index contributed by atoms with van der Waals surface area (Å²) in [5, 5.41) is 0. The Labute approximate surface area is 151 Å². The summed E-state index contributed by atoms with van der Waals surface area (Å²) < 4.78 is 88.2. The first-order valence-electron chi connectivity index (χ1n) is 7.36. The average Bonchev–Trinajstić information content (AvgIpc) is 2.45. The van der Waals surface area contributed by atoms with Gasteiger partial charge in [0, 0.05) is 12.1 Å². The molecular formula is C14H22F3NO6S2. The molecule has 26 heavy (non-hydrogen) atoms.